The van der Waals surface area contributed by atoms with Gasteiger partial charge in [-0.15, -0.1) is 5.92 Å². The van der Waals surface area contributed by atoms with E-state index in [0.717, 1.165) is 5.56 Å². The Kier molecular flexibility index (Phi) is 5.53. The third-order valence-electron chi connectivity index (χ3n) is 2.54. The van der Waals surface area contributed by atoms with Crippen molar-refractivity contribution in [3.8, 4) is 17.6 Å². The number of nitro benzene ring substituents is 1. The van der Waals surface area contributed by atoms with Crippen molar-refractivity contribution in [2.75, 3.05) is 6.61 Å². The van der Waals surface area contributed by atoms with Crippen molar-refractivity contribution in [2.24, 2.45) is 0 Å². The summed E-state index contributed by atoms with van der Waals surface area (Å²) in [7, 11) is 0. The molecule has 0 spiro atoms. The second-order valence-electron chi connectivity index (χ2n) is 5.37. The number of rotatable bonds is 5. The van der Waals surface area contributed by atoms with Gasteiger partial charge in [0, 0.05) is 29.8 Å². The van der Waals surface area contributed by atoms with Crippen LogP contribution in [0.25, 0.3) is 0 Å². The van der Waals surface area contributed by atoms with E-state index in [1.807, 2.05) is 20.8 Å². The van der Waals surface area contributed by atoms with Crippen molar-refractivity contribution < 1.29 is 9.66 Å². The van der Waals surface area contributed by atoms with Crippen molar-refractivity contribution in [1.82, 2.24) is 5.32 Å². The van der Waals surface area contributed by atoms with E-state index in [4.69, 9.17) is 4.74 Å². The molecule has 1 aromatic rings. The summed E-state index contributed by atoms with van der Waals surface area (Å²) >= 11 is 0. The molecule has 0 fully saturated rings. The minimum Gasteiger partial charge on any atom is -0.481 e. The maximum Gasteiger partial charge on any atom is 0.270 e. The molecule has 0 atom stereocenters. The lowest BCUT2D eigenvalue weighted by Gasteiger charge is -2.21. The van der Waals surface area contributed by atoms with Gasteiger partial charge in [-0.2, -0.15) is 0 Å². The van der Waals surface area contributed by atoms with Crippen molar-refractivity contribution in [3.63, 3.8) is 0 Å². The van der Waals surface area contributed by atoms with E-state index in [0.29, 0.717) is 12.3 Å². The van der Waals surface area contributed by atoms with Crippen LogP contribution in [-0.2, 0) is 6.54 Å². The van der Waals surface area contributed by atoms with E-state index in [1.165, 1.54) is 12.1 Å². The van der Waals surface area contributed by atoms with Gasteiger partial charge in [0.2, 0.25) is 0 Å². The summed E-state index contributed by atoms with van der Waals surface area (Å²) < 4.78 is 5.54. The van der Waals surface area contributed by atoms with E-state index in [2.05, 4.69) is 17.2 Å². The average molecular weight is 276 g/mol. The van der Waals surface area contributed by atoms with E-state index in [-0.39, 0.29) is 17.8 Å². The van der Waals surface area contributed by atoms with Gasteiger partial charge in [0.15, 0.2) is 0 Å². The Morgan fingerprint density at radius 1 is 1.40 bits per heavy atom. The third kappa shape index (κ3) is 5.29. The van der Waals surface area contributed by atoms with Crippen molar-refractivity contribution in [2.45, 2.75) is 39.8 Å². The first-order valence-electron chi connectivity index (χ1n) is 6.38. The lowest BCUT2D eigenvalue weighted by atomic mass is 10.1. The molecule has 0 aliphatic carbocycles. The molecule has 1 aromatic carbocycles. The number of nitrogens with zero attached hydrogens (tertiary/aromatic N) is 1. The van der Waals surface area contributed by atoms with Gasteiger partial charge in [-0.05, 0) is 33.8 Å². The molecular weight excluding hydrogens is 256 g/mol. The molecule has 5 nitrogen and oxygen atoms in total. The molecule has 108 valence electrons. The molecule has 0 amide bonds. The number of non-ortho nitro benzene ring substituents is 1. The molecule has 0 aromatic heterocycles. The lowest BCUT2D eigenvalue weighted by molar-refractivity contribution is -0.384. The second-order valence-corrected chi connectivity index (χ2v) is 5.37. The van der Waals surface area contributed by atoms with Crippen LogP contribution in [0.2, 0.25) is 0 Å². The molecule has 0 radical (unpaired) electrons. The minimum absolute atomic E-state index is 0.0598. The lowest BCUT2D eigenvalue weighted by Crippen LogP contribution is -2.35. The van der Waals surface area contributed by atoms with Crippen molar-refractivity contribution in [3.05, 3.63) is 33.9 Å². The first-order chi connectivity index (χ1) is 9.33. The van der Waals surface area contributed by atoms with Gasteiger partial charge < -0.3 is 10.1 Å². The summed E-state index contributed by atoms with van der Waals surface area (Å²) in [6.07, 6.45) is 0. The fourth-order valence-corrected chi connectivity index (χ4v) is 1.50. The van der Waals surface area contributed by atoms with Gasteiger partial charge in [0.1, 0.15) is 12.4 Å². The van der Waals surface area contributed by atoms with Crippen LogP contribution >= 0.6 is 0 Å². The fourth-order valence-electron chi connectivity index (χ4n) is 1.50. The van der Waals surface area contributed by atoms with E-state index < -0.39 is 4.92 Å². The topological polar surface area (TPSA) is 64.4 Å². The standard InChI is InChI=1S/C15H20N2O3/c1-5-6-9-20-14-8-7-13(17(18)19)10-12(14)11-16-15(2,3)4/h7-8,10,16H,9,11H2,1-4H3. The van der Waals surface area contributed by atoms with Gasteiger partial charge in [-0.1, -0.05) is 5.92 Å². The van der Waals surface area contributed by atoms with Crippen LogP contribution < -0.4 is 10.1 Å². The number of nitro groups is 1. The Morgan fingerprint density at radius 3 is 2.65 bits per heavy atom. The molecule has 1 N–H and O–H groups in total. The predicted octanol–water partition coefficient (Wildman–Crippen LogP) is 2.89. The largest absolute Gasteiger partial charge is 0.481 e. The summed E-state index contributed by atoms with van der Waals surface area (Å²) in [4.78, 5) is 10.4. The van der Waals surface area contributed by atoms with Crippen LogP contribution in [0.4, 0.5) is 5.69 Å². The summed E-state index contributed by atoms with van der Waals surface area (Å²) in [6.45, 7) is 8.62. The molecule has 0 saturated heterocycles. The fraction of sp³-hybridized carbons (Fsp3) is 0.467. The molecule has 0 bridgehead atoms. The SMILES string of the molecule is CC#CCOc1ccc([N+](=O)[O-])cc1CNC(C)(C)C. The Balaban J connectivity index is 2.95. The molecule has 0 unspecified atom stereocenters. The second kappa shape index (κ2) is 6.92. The van der Waals surface area contributed by atoms with Gasteiger partial charge in [-0.3, -0.25) is 10.1 Å². The highest BCUT2D eigenvalue weighted by Crippen LogP contribution is 2.24. The zero-order chi connectivity index (χ0) is 15.2. The molecule has 0 aliphatic rings. The maximum atomic E-state index is 10.8. The van der Waals surface area contributed by atoms with Crippen LogP contribution in [0.3, 0.4) is 0 Å². The van der Waals surface area contributed by atoms with Gasteiger partial charge in [0.05, 0.1) is 4.92 Å². The molecule has 0 heterocycles. The Morgan fingerprint density at radius 2 is 2.10 bits per heavy atom. The Hall–Kier alpha value is -2.06. The smallest absolute Gasteiger partial charge is 0.270 e. The molecule has 5 heteroatoms. The highest BCUT2D eigenvalue weighted by molar-refractivity contribution is 5.44. The average Bonchev–Trinajstić information content (AvgIpc) is 2.36. The number of hydrogen-bond acceptors (Lipinski definition) is 4. The van der Waals surface area contributed by atoms with Crippen LogP contribution in [0.5, 0.6) is 5.75 Å². The molecule has 0 saturated carbocycles. The zero-order valence-corrected chi connectivity index (χ0v) is 12.3. The van der Waals surface area contributed by atoms with Crippen LogP contribution in [0.15, 0.2) is 18.2 Å². The van der Waals surface area contributed by atoms with Crippen LogP contribution in [0, 0.1) is 22.0 Å². The van der Waals surface area contributed by atoms with E-state index in [9.17, 15) is 10.1 Å². The summed E-state index contributed by atoms with van der Waals surface area (Å²) in [6, 6.07) is 4.60. The molecule has 0 aliphatic heterocycles. The minimum atomic E-state index is -0.407. The van der Waals surface area contributed by atoms with Gasteiger partial charge in [0.25, 0.3) is 5.69 Å². The molecular formula is C15H20N2O3. The van der Waals surface area contributed by atoms with Gasteiger partial charge >= 0.3 is 0 Å². The normalized spacial score (nSPS) is 10.6. The highest BCUT2D eigenvalue weighted by atomic mass is 16.6. The molecule has 20 heavy (non-hydrogen) atoms. The number of nitrogens with one attached hydrogen (secondary N) is 1. The van der Waals surface area contributed by atoms with Crippen LogP contribution in [-0.4, -0.2) is 17.1 Å². The monoisotopic (exact) mass is 276 g/mol. The summed E-state index contributed by atoms with van der Waals surface area (Å²) in [5.41, 5.74) is 0.738. The quantitative estimate of drug-likeness (QED) is 0.510. The van der Waals surface area contributed by atoms with Crippen molar-refractivity contribution in [1.29, 1.82) is 0 Å². The highest BCUT2D eigenvalue weighted by Gasteiger charge is 2.14. The number of hydrogen-bond donors (Lipinski definition) is 1. The van der Waals surface area contributed by atoms with Crippen molar-refractivity contribution >= 4 is 5.69 Å². The summed E-state index contributed by atoms with van der Waals surface area (Å²) in [5.74, 6) is 6.17. The predicted molar refractivity (Wildman–Crippen MR) is 78.6 cm³/mol. The van der Waals surface area contributed by atoms with E-state index >= 15 is 0 Å². The zero-order valence-electron chi connectivity index (χ0n) is 12.3. The third-order valence-corrected chi connectivity index (χ3v) is 2.54. The Labute approximate surface area is 119 Å². The van der Waals surface area contributed by atoms with E-state index in [1.54, 1.807) is 13.0 Å². The number of benzene rings is 1. The Bertz CT molecular complexity index is 536. The number of ether oxygens (including phenoxy) is 1. The maximum absolute atomic E-state index is 10.8. The molecule has 1 rings (SSSR count). The first kappa shape index (κ1) is 16.0. The van der Waals surface area contributed by atoms with Crippen LogP contribution in [0.1, 0.15) is 33.3 Å². The summed E-state index contributed by atoms with van der Waals surface area (Å²) in [5, 5.41) is 14.1. The van der Waals surface area contributed by atoms with Gasteiger partial charge in [-0.25, -0.2) is 0 Å². The first-order valence-corrected chi connectivity index (χ1v) is 6.38.